The van der Waals surface area contributed by atoms with Gasteiger partial charge in [0.05, 0.1) is 18.4 Å². The molecule has 0 heterocycles. The summed E-state index contributed by atoms with van der Waals surface area (Å²) in [5.74, 6) is 5.34. The van der Waals surface area contributed by atoms with E-state index in [1.54, 1.807) is 7.05 Å². The van der Waals surface area contributed by atoms with Gasteiger partial charge < -0.3 is 4.55 Å². The summed E-state index contributed by atoms with van der Waals surface area (Å²) in [6.45, 7) is 1.98. The monoisotopic (exact) mass is 184 g/mol. The second-order valence-corrected chi connectivity index (χ2v) is 4.15. The van der Waals surface area contributed by atoms with E-state index in [9.17, 15) is 4.55 Å². The first-order valence-corrected chi connectivity index (χ1v) is 4.69. The van der Waals surface area contributed by atoms with Crippen molar-refractivity contribution >= 4 is 11.4 Å². The van der Waals surface area contributed by atoms with E-state index < -0.39 is 11.4 Å². The highest BCUT2D eigenvalue weighted by Crippen LogP contribution is 2.12. The molecule has 66 valence electrons. The van der Waals surface area contributed by atoms with Crippen LogP contribution in [0.3, 0.4) is 0 Å². The standard InChI is InChI=1S/C8H12N2OS/c1-7-3-5-8(6-4-7)12(11)10(2)9/h3-6H,9H2,1-2H3. The summed E-state index contributed by atoms with van der Waals surface area (Å²) >= 11 is -1.23. The minimum absolute atomic E-state index is 0.727. The quantitative estimate of drug-likeness (QED) is 0.420. The number of aryl methyl sites for hydroxylation is 1. The molecule has 0 amide bonds. The Kier molecular flexibility index (Phi) is 3.11. The first kappa shape index (κ1) is 9.54. The maximum atomic E-state index is 11.4. The summed E-state index contributed by atoms with van der Waals surface area (Å²) in [4.78, 5) is 0.727. The van der Waals surface area contributed by atoms with Gasteiger partial charge in [-0.3, -0.25) is 0 Å². The topological polar surface area (TPSA) is 52.3 Å². The van der Waals surface area contributed by atoms with Gasteiger partial charge in [-0.25, -0.2) is 5.84 Å². The Bertz CT molecular complexity index is 248. The molecule has 0 spiro atoms. The Labute approximate surface area is 75.5 Å². The summed E-state index contributed by atoms with van der Waals surface area (Å²) in [5.41, 5.74) is 1.15. The van der Waals surface area contributed by atoms with Crippen molar-refractivity contribution in [2.45, 2.75) is 11.8 Å². The molecular formula is C8H12N2OS. The fourth-order valence-corrected chi connectivity index (χ4v) is 1.52. The molecule has 12 heavy (non-hydrogen) atoms. The van der Waals surface area contributed by atoms with Gasteiger partial charge in [-0.05, 0) is 19.1 Å². The minimum atomic E-state index is -1.23. The number of nitrogens with two attached hydrogens (primary N) is 1. The minimum Gasteiger partial charge on any atom is -0.592 e. The second-order valence-electron chi connectivity index (χ2n) is 2.61. The van der Waals surface area contributed by atoms with Gasteiger partial charge in [0.25, 0.3) is 0 Å². The summed E-state index contributed by atoms with van der Waals surface area (Å²) in [7, 11) is 1.58. The molecular weight excluding hydrogens is 172 g/mol. The fourth-order valence-electron chi connectivity index (χ4n) is 0.821. The molecule has 0 saturated heterocycles. The third-order valence-electron chi connectivity index (χ3n) is 1.48. The van der Waals surface area contributed by atoms with E-state index in [-0.39, 0.29) is 0 Å². The molecule has 0 aromatic heterocycles. The molecule has 0 fully saturated rings. The van der Waals surface area contributed by atoms with Crippen molar-refractivity contribution in [1.29, 1.82) is 0 Å². The van der Waals surface area contributed by atoms with Crippen molar-refractivity contribution in [3.8, 4) is 0 Å². The van der Waals surface area contributed by atoms with Crippen LogP contribution in [0.2, 0.25) is 0 Å². The number of hydrogen-bond acceptors (Lipinski definition) is 3. The summed E-state index contributed by atoms with van der Waals surface area (Å²) in [5, 5.41) is 0. The highest BCUT2D eigenvalue weighted by molar-refractivity contribution is 7.89. The Hall–Kier alpha value is -0.550. The van der Waals surface area contributed by atoms with Gasteiger partial charge in [0.1, 0.15) is 0 Å². The van der Waals surface area contributed by atoms with E-state index >= 15 is 0 Å². The molecule has 3 nitrogen and oxygen atoms in total. The lowest BCUT2D eigenvalue weighted by atomic mass is 10.2. The van der Waals surface area contributed by atoms with Crippen LogP contribution in [0.15, 0.2) is 29.2 Å². The molecule has 1 aromatic carbocycles. The molecule has 1 unspecified atom stereocenters. The number of hydrazine groups is 1. The predicted molar refractivity (Wildman–Crippen MR) is 49.5 cm³/mol. The van der Waals surface area contributed by atoms with Gasteiger partial charge in [0, 0.05) is 0 Å². The molecule has 0 aliphatic heterocycles. The van der Waals surface area contributed by atoms with Crippen molar-refractivity contribution in [2.24, 2.45) is 5.84 Å². The van der Waals surface area contributed by atoms with E-state index in [0.717, 1.165) is 10.5 Å². The Morgan fingerprint density at radius 3 is 2.25 bits per heavy atom. The average molecular weight is 184 g/mol. The van der Waals surface area contributed by atoms with Crippen molar-refractivity contribution < 1.29 is 4.55 Å². The molecule has 2 N–H and O–H groups in total. The number of nitrogens with zero attached hydrogens (tertiary/aromatic N) is 1. The van der Waals surface area contributed by atoms with Crippen LogP contribution in [0.1, 0.15) is 5.56 Å². The molecule has 4 heteroatoms. The van der Waals surface area contributed by atoms with E-state index in [0.29, 0.717) is 0 Å². The smallest absolute Gasteiger partial charge is 0.175 e. The Morgan fingerprint density at radius 2 is 1.83 bits per heavy atom. The molecule has 0 radical (unpaired) electrons. The van der Waals surface area contributed by atoms with E-state index in [2.05, 4.69) is 0 Å². The third-order valence-corrected chi connectivity index (χ3v) is 2.68. The van der Waals surface area contributed by atoms with Crippen molar-refractivity contribution in [1.82, 2.24) is 4.41 Å². The Balaban J connectivity index is 2.82. The maximum Gasteiger partial charge on any atom is 0.175 e. The summed E-state index contributed by atoms with van der Waals surface area (Å²) in [6.07, 6.45) is 0. The summed E-state index contributed by atoms with van der Waals surface area (Å²) < 4.78 is 12.6. The van der Waals surface area contributed by atoms with Gasteiger partial charge in [0.2, 0.25) is 0 Å². The largest absolute Gasteiger partial charge is 0.592 e. The highest BCUT2D eigenvalue weighted by atomic mass is 32.2. The maximum absolute atomic E-state index is 11.4. The van der Waals surface area contributed by atoms with Gasteiger partial charge >= 0.3 is 0 Å². The second kappa shape index (κ2) is 3.91. The van der Waals surface area contributed by atoms with Crippen LogP contribution in [-0.2, 0) is 11.4 Å². The molecule has 0 aliphatic rings. The fraction of sp³-hybridized carbons (Fsp3) is 0.250. The Morgan fingerprint density at radius 1 is 1.33 bits per heavy atom. The third kappa shape index (κ3) is 2.22. The average Bonchev–Trinajstić information content (AvgIpc) is 2.04. The molecule has 1 rings (SSSR count). The van der Waals surface area contributed by atoms with Gasteiger partial charge in [-0.15, -0.1) is 0 Å². The molecule has 1 atom stereocenters. The van der Waals surface area contributed by atoms with Crippen LogP contribution in [0.4, 0.5) is 0 Å². The SMILES string of the molecule is Cc1ccc([S+]([O-])N(C)N)cc1. The van der Waals surface area contributed by atoms with Gasteiger partial charge in [0.15, 0.2) is 4.90 Å². The van der Waals surface area contributed by atoms with Crippen molar-refractivity contribution in [3.63, 3.8) is 0 Å². The summed E-state index contributed by atoms with van der Waals surface area (Å²) in [6, 6.07) is 7.46. The number of hydrogen-bond donors (Lipinski definition) is 1. The predicted octanol–water partition coefficient (Wildman–Crippen LogP) is 0.823. The van der Waals surface area contributed by atoms with Crippen LogP contribution >= 0.6 is 0 Å². The lowest BCUT2D eigenvalue weighted by Gasteiger charge is -2.14. The first-order chi connectivity index (χ1) is 5.61. The lowest BCUT2D eigenvalue weighted by molar-refractivity contribution is 0.486. The van der Waals surface area contributed by atoms with Crippen molar-refractivity contribution in [3.05, 3.63) is 29.8 Å². The van der Waals surface area contributed by atoms with Crippen LogP contribution in [0.25, 0.3) is 0 Å². The van der Waals surface area contributed by atoms with Crippen molar-refractivity contribution in [2.75, 3.05) is 7.05 Å². The molecule has 0 bridgehead atoms. The number of rotatable bonds is 2. The molecule has 1 aromatic rings. The molecule has 0 aliphatic carbocycles. The van der Waals surface area contributed by atoms with E-state index in [4.69, 9.17) is 5.84 Å². The van der Waals surface area contributed by atoms with Crippen LogP contribution in [-0.4, -0.2) is 16.0 Å². The first-order valence-electron chi connectivity index (χ1n) is 3.58. The zero-order valence-corrected chi connectivity index (χ0v) is 7.97. The molecule has 0 saturated carbocycles. The van der Waals surface area contributed by atoms with Crippen LogP contribution in [0, 0.1) is 6.92 Å². The lowest BCUT2D eigenvalue weighted by Crippen LogP contribution is -2.33. The zero-order chi connectivity index (χ0) is 9.14. The highest BCUT2D eigenvalue weighted by Gasteiger charge is 2.13. The normalized spacial score (nSPS) is 13.4. The van der Waals surface area contributed by atoms with E-state index in [1.807, 2.05) is 31.2 Å². The van der Waals surface area contributed by atoms with Gasteiger partial charge in [-0.1, -0.05) is 22.1 Å². The van der Waals surface area contributed by atoms with Gasteiger partial charge in [-0.2, -0.15) is 0 Å². The van der Waals surface area contributed by atoms with Crippen LogP contribution < -0.4 is 5.84 Å². The zero-order valence-electron chi connectivity index (χ0n) is 7.15. The number of benzene rings is 1. The van der Waals surface area contributed by atoms with E-state index in [1.165, 1.54) is 4.41 Å². The van der Waals surface area contributed by atoms with Crippen LogP contribution in [0.5, 0.6) is 0 Å².